The summed E-state index contributed by atoms with van der Waals surface area (Å²) in [6, 6.07) is 3.91. The highest BCUT2D eigenvalue weighted by atomic mass is 79.9. The second-order valence-corrected chi connectivity index (χ2v) is 6.97. The molecule has 21 heavy (non-hydrogen) atoms. The van der Waals surface area contributed by atoms with Crippen LogP contribution >= 0.6 is 15.9 Å². The largest absolute Gasteiger partial charge is 0.417 e. The van der Waals surface area contributed by atoms with Gasteiger partial charge in [0, 0.05) is 16.6 Å². The summed E-state index contributed by atoms with van der Waals surface area (Å²) in [6.07, 6.45) is 1.88. The molecule has 2 aromatic rings. The van der Waals surface area contributed by atoms with E-state index in [0.29, 0.717) is 6.54 Å². The van der Waals surface area contributed by atoms with Crippen LogP contribution in [0.1, 0.15) is 37.6 Å². The molecule has 2 rings (SSSR count). The first-order valence-electron chi connectivity index (χ1n) is 6.88. The van der Waals surface area contributed by atoms with Gasteiger partial charge in [0.15, 0.2) is 0 Å². The zero-order chi connectivity index (χ0) is 15.6. The summed E-state index contributed by atoms with van der Waals surface area (Å²) in [7, 11) is 0. The van der Waals surface area contributed by atoms with Crippen LogP contribution in [0, 0.1) is 13.8 Å². The van der Waals surface area contributed by atoms with E-state index in [0.717, 1.165) is 27.0 Å². The van der Waals surface area contributed by atoms with E-state index in [-0.39, 0.29) is 11.6 Å². The molecule has 1 aromatic heterocycles. The molecule has 0 fully saturated rings. The smallest absolute Gasteiger partial charge is 0.399 e. The Kier molecular flexibility index (Phi) is 4.74. The molecule has 0 aliphatic rings. The number of aromatic nitrogens is 1. The number of benzene rings is 1. The lowest BCUT2D eigenvalue weighted by Crippen LogP contribution is -2.35. The molecule has 0 saturated heterocycles. The molecule has 5 heteroatoms. The number of nitrogens with zero attached hydrogens (tertiary/aromatic N) is 1. The number of hydrogen-bond donors (Lipinski definition) is 1. The molecule has 0 spiro atoms. The lowest BCUT2D eigenvalue weighted by molar-refractivity contribution is 0.330. The van der Waals surface area contributed by atoms with Crippen molar-refractivity contribution in [3.63, 3.8) is 0 Å². The van der Waals surface area contributed by atoms with E-state index in [1.54, 1.807) is 6.26 Å². The SMILES string of the molecule is Cc1cc(Oc2nc(CNC(C)(C)C)co2)cc(C)c1Br. The van der Waals surface area contributed by atoms with E-state index >= 15 is 0 Å². The van der Waals surface area contributed by atoms with Crippen LogP contribution < -0.4 is 10.1 Å². The molecular weight excluding hydrogens is 332 g/mol. The van der Waals surface area contributed by atoms with Crippen molar-refractivity contribution >= 4 is 15.9 Å². The molecule has 1 aromatic carbocycles. The van der Waals surface area contributed by atoms with Crippen molar-refractivity contribution in [1.29, 1.82) is 0 Å². The van der Waals surface area contributed by atoms with E-state index in [4.69, 9.17) is 9.15 Å². The molecule has 1 N–H and O–H groups in total. The van der Waals surface area contributed by atoms with Crippen molar-refractivity contribution in [2.45, 2.75) is 46.7 Å². The summed E-state index contributed by atoms with van der Waals surface area (Å²) in [5, 5.41) is 3.36. The highest BCUT2D eigenvalue weighted by Gasteiger charge is 2.12. The van der Waals surface area contributed by atoms with Crippen molar-refractivity contribution in [2.75, 3.05) is 0 Å². The maximum atomic E-state index is 5.68. The molecule has 0 saturated carbocycles. The fourth-order valence-electron chi connectivity index (χ4n) is 1.84. The van der Waals surface area contributed by atoms with Gasteiger partial charge in [-0.1, -0.05) is 15.9 Å². The van der Waals surface area contributed by atoms with Gasteiger partial charge < -0.3 is 14.5 Å². The van der Waals surface area contributed by atoms with Crippen molar-refractivity contribution in [2.24, 2.45) is 0 Å². The molecule has 0 aliphatic carbocycles. The Morgan fingerprint density at radius 1 is 1.24 bits per heavy atom. The lowest BCUT2D eigenvalue weighted by atomic mass is 10.1. The summed E-state index contributed by atoms with van der Waals surface area (Å²) in [5.74, 6) is 0.727. The van der Waals surface area contributed by atoms with Gasteiger partial charge in [-0.15, -0.1) is 0 Å². The van der Waals surface area contributed by atoms with Crippen molar-refractivity contribution in [3.05, 3.63) is 39.7 Å². The maximum Gasteiger partial charge on any atom is 0.399 e. The van der Waals surface area contributed by atoms with Crippen LogP contribution in [0.3, 0.4) is 0 Å². The molecule has 0 unspecified atom stereocenters. The maximum absolute atomic E-state index is 5.68. The molecule has 1 heterocycles. The molecule has 114 valence electrons. The molecule has 0 atom stereocenters. The minimum absolute atomic E-state index is 0.0416. The zero-order valence-corrected chi connectivity index (χ0v) is 14.7. The van der Waals surface area contributed by atoms with Crippen LogP contribution in [0.5, 0.6) is 11.8 Å². The topological polar surface area (TPSA) is 47.3 Å². The Balaban J connectivity index is 2.06. The van der Waals surface area contributed by atoms with Gasteiger partial charge in [-0.2, -0.15) is 4.98 Å². The molecule has 0 amide bonds. The molecule has 4 nitrogen and oxygen atoms in total. The summed E-state index contributed by atoms with van der Waals surface area (Å²) in [5.41, 5.74) is 3.10. The second-order valence-electron chi connectivity index (χ2n) is 6.18. The normalized spacial score (nSPS) is 11.7. The van der Waals surface area contributed by atoms with E-state index in [2.05, 4.69) is 47.0 Å². The molecular formula is C16H21BrN2O2. The van der Waals surface area contributed by atoms with Gasteiger partial charge in [-0.25, -0.2) is 0 Å². The number of oxazole rings is 1. The van der Waals surface area contributed by atoms with E-state index < -0.39 is 0 Å². The summed E-state index contributed by atoms with van der Waals surface area (Å²) < 4.78 is 12.1. The number of aryl methyl sites for hydroxylation is 2. The second kappa shape index (κ2) is 6.20. The van der Waals surface area contributed by atoms with Crippen molar-refractivity contribution < 1.29 is 9.15 Å². The van der Waals surface area contributed by atoms with Crippen LogP contribution in [0.15, 0.2) is 27.3 Å². The van der Waals surface area contributed by atoms with Crippen molar-refractivity contribution in [3.8, 4) is 11.8 Å². The first-order chi connectivity index (χ1) is 9.74. The number of ether oxygens (including phenoxy) is 1. The average molecular weight is 353 g/mol. The minimum Gasteiger partial charge on any atom is -0.417 e. The zero-order valence-electron chi connectivity index (χ0n) is 13.1. The van der Waals surface area contributed by atoms with E-state index in [1.165, 1.54) is 0 Å². The summed E-state index contributed by atoms with van der Waals surface area (Å²) >= 11 is 3.54. The average Bonchev–Trinajstić information content (AvgIpc) is 2.80. The van der Waals surface area contributed by atoms with Gasteiger partial charge in [0.25, 0.3) is 0 Å². The summed E-state index contributed by atoms with van der Waals surface area (Å²) in [4.78, 5) is 4.33. The van der Waals surface area contributed by atoms with Gasteiger partial charge >= 0.3 is 6.08 Å². The molecule has 0 bridgehead atoms. The minimum atomic E-state index is 0.0416. The fraction of sp³-hybridized carbons (Fsp3) is 0.438. The molecule has 0 radical (unpaired) electrons. The third kappa shape index (κ3) is 4.58. The van der Waals surface area contributed by atoms with Gasteiger partial charge in [0.05, 0.1) is 5.69 Å². The predicted molar refractivity (Wildman–Crippen MR) is 86.8 cm³/mol. The number of nitrogens with one attached hydrogen (secondary N) is 1. The van der Waals surface area contributed by atoms with Crippen LogP contribution in [0.25, 0.3) is 0 Å². The van der Waals surface area contributed by atoms with Gasteiger partial charge in [-0.3, -0.25) is 0 Å². The Morgan fingerprint density at radius 2 is 1.86 bits per heavy atom. The third-order valence-electron chi connectivity index (χ3n) is 2.95. The van der Waals surface area contributed by atoms with E-state index in [9.17, 15) is 0 Å². The quantitative estimate of drug-likeness (QED) is 0.863. The van der Waals surface area contributed by atoms with Crippen LogP contribution in [0.4, 0.5) is 0 Å². The highest BCUT2D eigenvalue weighted by molar-refractivity contribution is 9.10. The summed E-state index contributed by atoms with van der Waals surface area (Å²) in [6.45, 7) is 11.0. The Labute approximate surface area is 134 Å². The number of halogens is 1. The van der Waals surface area contributed by atoms with E-state index in [1.807, 2.05) is 26.0 Å². The fourth-order valence-corrected chi connectivity index (χ4v) is 2.07. The van der Waals surface area contributed by atoms with Crippen LogP contribution in [0.2, 0.25) is 0 Å². The molecule has 0 aliphatic heterocycles. The van der Waals surface area contributed by atoms with Crippen LogP contribution in [-0.4, -0.2) is 10.5 Å². The Morgan fingerprint density at radius 3 is 2.43 bits per heavy atom. The Hall–Kier alpha value is -1.33. The predicted octanol–water partition coefficient (Wildman–Crippen LogP) is 4.73. The first kappa shape index (κ1) is 16.0. The standard InChI is InChI=1S/C16H21BrN2O2/c1-10-6-13(7-11(2)14(10)17)21-15-19-12(9-20-15)8-18-16(3,4)5/h6-7,9,18H,8H2,1-5H3. The number of hydrogen-bond acceptors (Lipinski definition) is 4. The van der Waals surface area contributed by atoms with Crippen LogP contribution in [-0.2, 0) is 6.54 Å². The first-order valence-corrected chi connectivity index (χ1v) is 7.68. The highest BCUT2D eigenvalue weighted by Crippen LogP contribution is 2.29. The lowest BCUT2D eigenvalue weighted by Gasteiger charge is -2.19. The van der Waals surface area contributed by atoms with Crippen molar-refractivity contribution in [1.82, 2.24) is 10.3 Å². The van der Waals surface area contributed by atoms with Gasteiger partial charge in [-0.05, 0) is 57.9 Å². The van der Waals surface area contributed by atoms with Gasteiger partial charge in [0.2, 0.25) is 0 Å². The monoisotopic (exact) mass is 352 g/mol. The Bertz CT molecular complexity index is 606. The third-order valence-corrected chi connectivity index (χ3v) is 4.20. The number of rotatable bonds is 4. The van der Waals surface area contributed by atoms with Gasteiger partial charge in [0.1, 0.15) is 12.0 Å².